The Balaban J connectivity index is 1.58. The van der Waals surface area contributed by atoms with Crippen molar-refractivity contribution in [1.29, 1.82) is 10.8 Å². The van der Waals surface area contributed by atoms with Crippen LogP contribution in [0.5, 0.6) is 0 Å². The van der Waals surface area contributed by atoms with Crippen molar-refractivity contribution in [1.82, 2.24) is 0 Å². The van der Waals surface area contributed by atoms with Crippen LogP contribution >= 0.6 is 0 Å². The fourth-order valence-corrected chi connectivity index (χ4v) is 3.68. The van der Waals surface area contributed by atoms with Gasteiger partial charge in [-0.25, -0.2) is 4.39 Å². The van der Waals surface area contributed by atoms with Crippen molar-refractivity contribution in [3.05, 3.63) is 106 Å². The molecular formula is C28H31FN2O2. The van der Waals surface area contributed by atoms with Crippen LogP contribution in [-0.2, 0) is 35.2 Å². The first kappa shape index (κ1) is 24.2. The van der Waals surface area contributed by atoms with Gasteiger partial charge in [0.2, 0.25) is 11.8 Å². The topological polar surface area (TPSA) is 66.2 Å². The summed E-state index contributed by atoms with van der Waals surface area (Å²) in [7, 11) is 0. The first-order valence-electron chi connectivity index (χ1n) is 11.4. The van der Waals surface area contributed by atoms with E-state index in [1.165, 1.54) is 0 Å². The van der Waals surface area contributed by atoms with Crippen LogP contribution in [0.1, 0.15) is 47.2 Å². The Morgan fingerprint density at radius 1 is 0.636 bits per heavy atom. The quantitative estimate of drug-likeness (QED) is 0.291. The van der Waals surface area contributed by atoms with Gasteiger partial charge in [0.05, 0.1) is 13.2 Å². The lowest BCUT2D eigenvalue weighted by Gasteiger charge is -2.10. The summed E-state index contributed by atoms with van der Waals surface area (Å²) >= 11 is 0. The lowest BCUT2D eigenvalue weighted by atomic mass is 9.98. The molecule has 33 heavy (non-hydrogen) atoms. The molecule has 3 rings (SSSR count). The molecule has 0 spiro atoms. The maximum atomic E-state index is 15.1. The molecule has 0 aliphatic heterocycles. The van der Waals surface area contributed by atoms with Crippen LogP contribution in [0.4, 0.5) is 4.39 Å². The highest BCUT2D eigenvalue weighted by Gasteiger charge is 2.10. The lowest BCUT2D eigenvalue weighted by Crippen LogP contribution is -2.05. The summed E-state index contributed by atoms with van der Waals surface area (Å²) < 4.78 is 25.5. The van der Waals surface area contributed by atoms with Gasteiger partial charge in [-0.05, 0) is 86.1 Å². The smallest absolute Gasteiger partial charge is 0.213 e. The van der Waals surface area contributed by atoms with Gasteiger partial charge in [0, 0.05) is 11.1 Å². The number of halogens is 1. The van der Waals surface area contributed by atoms with Crippen LogP contribution in [0.2, 0.25) is 0 Å². The van der Waals surface area contributed by atoms with Gasteiger partial charge in [0.25, 0.3) is 0 Å². The minimum absolute atomic E-state index is 0.123. The number of benzene rings is 3. The second-order valence-electron chi connectivity index (χ2n) is 7.81. The highest BCUT2D eigenvalue weighted by Crippen LogP contribution is 2.18. The van der Waals surface area contributed by atoms with Crippen LogP contribution in [0.3, 0.4) is 0 Å². The summed E-state index contributed by atoms with van der Waals surface area (Å²) in [5.74, 6) is 0.219. The summed E-state index contributed by atoms with van der Waals surface area (Å²) in [6.07, 6.45) is 2.71. The first-order valence-corrected chi connectivity index (χ1v) is 11.4. The highest BCUT2D eigenvalue weighted by atomic mass is 19.1. The van der Waals surface area contributed by atoms with Gasteiger partial charge in [-0.3, -0.25) is 10.8 Å². The van der Waals surface area contributed by atoms with E-state index in [1.807, 2.05) is 80.6 Å². The second-order valence-corrected chi connectivity index (χ2v) is 7.81. The monoisotopic (exact) mass is 446 g/mol. The van der Waals surface area contributed by atoms with Crippen LogP contribution in [0.15, 0.2) is 66.7 Å². The van der Waals surface area contributed by atoms with E-state index in [2.05, 4.69) is 0 Å². The summed E-state index contributed by atoms with van der Waals surface area (Å²) in [6.45, 7) is 4.66. The van der Waals surface area contributed by atoms with E-state index in [9.17, 15) is 0 Å². The third-order valence-corrected chi connectivity index (χ3v) is 5.53. The number of nitrogens with one attached hydrogen (secondary N) is 2. The van der Waals surface area contributed by atoms with Crippen molar-refractivity contribution in [2.45, 2.75) is 39.5 Å². The Hall–Kier alpha value is -3.47. The predicted octanol–water partition coefficient (Wildman–Crippen LogP) is 6.12. The third-order valence-electron chi connectivity index (χ3n) is 5.53. The van der Waals surface area contributed by atoms with Gasteiger partial charge in [-0.15, -0.1) is 0 Å². The van der Waals surface area contributed by atoms with E-state index in [1.54, 1.807) is 0 Å². The Morgan fingerprint density at radius 2 is 1.03 bits per heavy atom. The van der Waals surface area contributed by atoms with Crippen molar-refractivity contribution in [3.8, 4) is 0 Å². The predicted molar refractivity (Wildman–Crippen MR) is 131 cm³/mol. The van der Waals surface area contributed by atoms with Crippen molar-refractivity contribution in [3.63, 3.8) is 0 Å². The fraction of sp³-hybridized carbons (Fsp3) is 0.286. The molecule has 3 aromatic carbocycles. The number of ether oxygens (including phenoxy) is 2. The number of aryl methyl sites for hydroxylation is 4. The van der Waals surface area contributed by atoms with E-state index in [0.717, 1.165) is 46.2 Å². The molecular weight excluding hydrogens is 415 g/mol. The highest BCUT2D eigenvalue weighted by molar-refractivity contribution is 5.92. The number of hydrogen-bond acceptors (Lipinski definition) is 4. The zero-order chi connectivity index (χ0) is 23.6. The largest absolute Gasteiger partial charge is 0.478 e. The SMILES string of the molecule is CCOC(=N)c1ccc(CCc2cccc(CCc3ccc(C(=N)OCC)cc3)c2F)cc1. The van der Waals surface area contributed by atoms with Gasteiger partial charge < -0.3 is 9.47 Å². The average molecular weight is 447 g/mol. The molecule has 0 unspecified atom stereocenters. The van der Waals surface area contributed by atoms with Crippen molar-refractivity contribution in [2.75, 3.05) is 13.2 Å². The zero-order valence-corrected chi connectivity index (χ0v) is 19.3. The van der Waals surface area contributed by atoms with Crippen LogP contribution in [0.25, 0.3) is 0 Å². The minimum atomic E-state index is -0.123. The van der Waals surface area contributed by atoms with E-state index >= 15 is 4.39 Å². The molecule has 0 saturated heterocycles. The summed E-state index contributed by atoms with van der Waals surface area (Å²) in [5.41, 5.74) is 5.14. The first-order chi connectivity index (χ1) is 16.0. The van der Waals surface area contributed by atoms with E-state index in [0.29, 0.717) is 26.1 Å². The number of rotatable bonds is 10. The Kier molecular flexibility index (Phi) is 8.76. The maximum absolute atomic E-state index is 15.1. The van der Waals surface area contributed by atoms with Gasteiger partial charge in [-0.2, -0.15) is 0 Å². The lowest BCUT2D eigenvalue weighted by molar-refractivity contribution is 0.325. The molecule has 2 N–H and O–H groups in total. The van der Waals surface area contributed by atoms with Gasteiger partial charge in [0.1, 0.15) is 5.82 Å². The average Bonchev–Trinajstić information content (AvgIpc) is 2.83. The maximum Gasteiger partial charge on any atom is 0.213 e. The standard InChI is InChI=1S/C28H31FN2O2/c1-3-32-27(30)24-16-10-20(11-17-24)8-14-22-6-5-7-23(26(22)29)15-9-21-12-18-25(19-13-21)28(31)33-4-2/h5-7,10-13,16-19,30-31H,3-4,8-9,14-15H2,1-2H3. The van der Waals surface area contributed by atoms with Crippen molar-refractivity contribution < 1.29 is 13.9 Å². The van der Waals surface area contributed by atoms with Gasteiger partial charge in [-0.1, -0.05) is 42.5 Å². The molecule has 0 amide bonds. The van der Waals surface area contributed by atoms with Crippen molar-refractivity contribution in [2.24, 2.45) is 0 Å². The van der Waals surface area contributed by atoms with Crippen LogP contribution < -0.4 is 0 Å². The molecule has 0 saturated carbocycles. The summed E-state index contributed by atoms with van der Waals surface area (Å²) in [4.78, 5) is 0. The molecule has 0 fully saturated rings. The Morgan fingerprint density at radius 3 is 1.39 bits per heavy atom. The minimum Gasteiger partial charge on any atom is -0.478 e. The molecule has 3 aromatic rings. The van der Waals surface area contributed by atoms with Crippen molar-refractivity contribution >= 4 is 11.8 Å². The van der Waals surface area contributed by atoms with E-state index < -0.39 is 0 Å². The Labute approximate surface area is 195 Å². The second kappa shape index (κ2) is 12.0. The van der Waals surface area contributed by atoms with Gasteiger partial charge >= 0.3 is 0 Å². The summed E-state index contributed by atoms with van der Waals surface area (Å²) in [6, 6.07) is 21.0. The fourth-order valence-electron chi connectivity index (χ4n) is 3.68. The molecule has 0 aliphatic rings. The molecule has 0 heterocycles. The molecule has 0 aromatic heterocycles. The van der Waals surface area contributed by atoms with E-state index in [4.69, 9.17) is 20.3 Å². The molecule has 0 aliphatic carbocycles. The molecule has 172 valence electrons. The number of hydrogen-bond donors (Lipinski definition) is 2. The van der Waals surface area contributed by atoms with Crippen LogP contribution in [0, 0.1) is 16.6 Å². The normalized spacial score (nSPS) is 10.6. The molecule has 0 bridgehead atoms. The van der Waals surface area contributed by atoms with Gasteiger partial charge in [0.15, 0.2) is 0 Å². The molecule has 0 atom stereocenters. The molecule has 0 radical (unpaired) electrons. The van der Waals surface area contributed by atoms with Crippen LogP contribution in [-0.4, -0.2) is 25.0 Å². The zero-order valence-electron chi connectivity index (χ0n) is 19.3. The van der Waals surface area contributed by atoms with E-state index in [-0.39, 0.29) is 17.6 Å². The third kappa shape index (κ3) is 6.75. The Bertz CT molecular complexity index is 992. The molecule has 5 heteroatoms. The summed E-state index contributed by atoms with van der Waals surface area (Å²) in [5, 5.41) is 15.7. The molecule has 4 nitrogen and oxygen atoms in total.